The van der Waals surface area contributed by atoms with Crippen LogP contribution in [-0.4, -0.2) is 78.9 Å². The molecule has 2 aromatic rings. The average molecular weight is 467 g/mol. The summed E-state index contributed by atoms with van der Waals surface area (Å²) in [4.78, 5) is 47.2. The van der Waals surface area contributed by atoms with E-state index in [1.807, 2.05) is 28.0 Å². The first-order chi connectivity index (χ1) is 16.4. The largest absolute Gasteiger partial charge is 0.465 e. The van der Waals surface area contributed by atoms with Gasteiger partial charge < -0.3 is 24.4 Å². The number of carbonyl (C=O) groups excluding carboxylic acids is 3. The van der Waals surface area contributed by atoms with Crippen LogP contribution >= 0.6 is 0 Å². The minimum absolute atomic E-state index is 0.0995. The molecule has 0 unspecified atom stereocenters. The van der Waals surface area contributed by atoms with E-state index in [2.05, 4.69) is 22.0 Å². The van der Waals surface area contributed by atoms with Crippen molar-refractivity contribution in [3.05, 3.63) is 52.8 Å². The Morgan fingerprint density at radius 1 is 0.941 bits per heavy atom. The van der Waals surface area contributed by atoms with Gasteiger partial charge in [-0.05, 0) is 50.3 Å². The third-order valence-electron chi connectivity index (χ3n) is 7.16. The van der Waals surface area contributed by atoms with Gasteiger partial charge in [0.2, 0.25) is 5.91 Å². The van der Waals surface area contributed by atoms with Gasteiger partial charge >= 0.3 is 5.97 Å². The number of para-hydroxylation sites is 1. The minimum Gasteiger partial charge on any atom is -0.465 e. The lowest BCUT2D eigenvalue weighted by Gasteiger charge is -2.37. The normalized spacial score (nSPS) is 17.1. The lowest BCUT2D eigenvalue weighted by molar-refractivity contribution is -0.132. The first kappa shape index (κ1) is 23.9. The Kier molecular flexibility index (Phi) is 7.24. The molecule has 182 valence electrons. The van der Waals surface area contributed by atoms with Gasteiger partial charge in [-0.1, -0.05) is 18.2 Å². The molecule has 2 amide bonds. The molecule has 2 aliphatic heterocycles. The number of esters is 1. The first-order valence-corrected chi connectivity index (χ1v) is 12.0. The number of ether oxygens (including phenoxy) is 1. The quantitative estimate of drug-likeness (QED) is 0.685. The van der Waals surface area contributed by atoms with Gasteiger partial charge in [-0.2, -0.15) is 0 Å². The summed E-state index contributed by atoms with van der Waals surface area (Å²) in [6, 6.07) is 10.3. The maximum Gasteiger partial charge on any atom is 0.339 e. The number of piperazine rings is 1. The van der Waals surface area contributed by atoms with E-state index in [0.29, 0.717) is 47.9 Å². The number of nitrogens with zero attached hydrogens (tertiary/aromatic N) is 3. The minimum atomic E-state index is -0.438. The Labute approximate surface area is 200 Å². The molecule has 0 aliphatic carbocycles. The molecule has 8 heteroatoms. The molecular formula is C26H34N4O4. The molecule has 0 bridgehead atoms. The van der Waals surface area contributed by atoms with E-state index >= 15 is 0 Å². The van der Waals surface area contributed by atoms with Crippen molar-refractivity contribution in [1.82, 2.24) is 14.8 Å². The molecule has 2 fully saturated rings. The number of aromatic amines is 1. The average Bonchev–Trinajstić information content (AvgIpc) is 3.17. The second-order valence-electron chi connectivity index (χ2n) is 9.26. The van der Waals surface area contributed by atoms with E-state index in [4.69, 9.17) is 4.74 Å². The van der Waals surface area contributed by atoms with E-state index in [-0.39, 0.29) is 11.8 Å². The molecule has 2 aliphatic rings. The number of aromatic nitrogens is 1. The molecule has 1 aromatic carbocycles. The van der Waals surface area contributed by atoms with Crippen LogP contribution in [0.25, 0.3) is 0 Å². The summed E-state index contributed by atoms with van der Waals surface area (Å²) in [6.45, 7) is 7.97. The van der Waals surface area contributed by atoms with Crippen molar-refractivity contribution in [2.75, 3.05) is 51.3 Å². The number of aryl methyl sites for hydroxylation is 1. The van der Waals surface area contributed by atoms with Gasteiger partial charge in [0.25, 0.3) is 5.91 Å². The fourth-order valence-electron chi connectivity index (χ4n) is 5.10. The Morgan fingerprint density at radius 3 is 2.21 bits per heavy atom. The summed E-state index contributed by atoms with van der Waals surface area (Å²) in [5.41, 5.74) is 3.35. The Bertz CT molecular complexity index is 1030. The summed E-state index contributed by atoms with van der Waals surface area (Å²) >= 11 is 0. The number of methoxy groups -OCH3 is 1. The van der Waals surface area contributed by atoms with Crippen molar-refractivity contribution in [1.29, 1.82) is 0 Å². The smallest absolute Gasteiger partial charge is 0.339 e. The van der Waals surface area contributed by atoms with Gasteiger partial charge in [-0.3, -0.25) is 9.59 Å². The van der Waals surface area contributed by atoms with Crippen LogP contribution in [0.3, 0.4) is 0 Å². The molecule has 8 nitrogen and oxygen atoms in total. The maximum absolute atomic E-state index is 13.1. The molecule has 4 rings (SSSR count). The molecule has 3 heterocycles. The predicted octanol–water partition coefficient (Wildman–Crippen LogP) is 3.01. The number of hydrogen-bond donors (Lipinski definition) is 1. The van der Waals surface area contributed by atoms with E-state index in [1.165, 1.54) is 12.8 Å². The standard InChI is InChI=1S/C26H34N4O4/c1-18-23(26(33)34-3)19(2)27-24(18)25(32)30-11-9-20(10-12-30)17-22(31)29-15-13-28(14-16-29)21-7-5-4-6-8-21/h4-8,20,27H,9-17H2,1-3H3. The molecule has 0 saturated carbocycles. The van der Waals surface area contributed by atoms with E-state index in [0.717, 1.165) is 39.0 Å². The Balaban J connectivity index is 1.26. The molecule has 0 spiro atoms. The highest BCUT2D eigenvalue weighted by Gasteiger charge is 2.30. The number of piperidine rings is 1. The van der Waals surface area contributed by atoms with Crippen molar-refractivity contribution < 1.29 is 19.1 Å². The van der Waals surface area contributed by atoms with Gasteiger partial charge in [0, 0.05) is 57.1 Å². The van der Waals surface area contributed by atoms with E-state index in [9.17, 15) is 14.4 Å². The highest BCUT2D eigenvalue weighted by Crippen LogP contribution is 2.26. The van der Waals surface area contributed by atoms with Gasteiger partial charge in [-0.15, -0.1) is 0 Å². The molecular weight excluding hydrogens is 432 g/mol. The van der Waals surface area contributed by atoms with Gasteiger partial charge in [0.05, 0.1) is 12.7 Å². The highest BCUT2D eigenvalue weighted by atomic mass is 16.5. The van der Waals surface area contributed by atoms with Crippen molar-refractivity contribution in [2.24, 2.45) is 5.92 Å². The molecule has 0 atom stereocenters. The first-order valence-electron chi connectivity index (χ1n) is 12.0. The van der Waals surface area contributed by atoms with Crippen molar-refractivity contribution in [3.8, 4) is 0 Å². The highest BCUT2D eigenvalue weighted by molar-refractivity contribution is 6.00. The van der Waals surface area contributed by atoms with Crippen molar-refractivity contribution >= 4 is 23.5 Å². The van der Waals surface area contributed by atoms with Crippen LogP contribution in [0, 0.1) is 19.8 Å². The van der Waals surface area contributed by atoms with Gasteiger partial charge in [0.1, 0.15) is 5.69 Å². The third kappa shape index (κ3) is 4.95. The zero-order chi connectivity index (χ0) is 24.2. The summed E-state index contributed by atoms with van der Waals surface area (Å²) in [5, 5.41) is 0. The number of carbonyl (C=O) groups is 3. The number of nitrogens with one attached hydrogen (secondary N) is 1. The molecule has 1 aromatic heterocycles. The summed E-state index contributed by atoms with van der Waals surface area (Å²) in [5.74, 6) is -0.0264. The van der Waals surface area contributed by atoms with Crippen molar-refractivity contribution in [2.45, 2.75) is 33.1 Å². The number of anilines is 1. The topological polar surface area (TPSA) is 85.9 Å². The fraction of sp³-hybridized carbons (Fsp3) is 0.500. The summed E-state index contributed by atoms with van der Waals surface area (Å²) in [7, 11) is 1.34. The second kappa shape index (κ2) is 10.3. The van der Waals surface area contributed by atoms with Crippen LogP contribution < -0.4 is 4.90 Å². The zero-order valence-corrected chi connectivity index (χ0v) is 20.3. The maximum atomic E-state index is 13.1. The lowest BCUT2D eigenvalue weighted by atomic mass is 9.92. The number of likely N-dealkylation sites (tertiary alicyclic amines) is 1. The van der Waals surface area contributed by atoms with Crippen LogP contribution in [-0.2, 0) is 9.53 Å². The Morgan fingerprint density at radius 2 is 1.59 bits per heavy atom. The van der Waals surface area contributed by atoms with Gasteiger partial charge in [0.15, 0.2) is 0 Å². The predicted molar refractivity (Wildman–Crippen MR) is 130 cm³/mol. The zero-order valence-electron chi connectivity index (χ0n) is 20.3. The summed E-state index contributed by atoms with van der Waals surface area (Å²) < 4.78 is 4.84. The molecule has 1 N–H and O–H groups in total. The monoisotopic (exact) mass is 466 g/mol. The lowest BCUT2D eigenvalue weighted by Crippen LogP contribution is -2.49. The molecule has 2 saturated heterocycles. The van der Waals surface area contributed by atoms with Gasteiger partial charge in [-0.25, -0.2) is 4.79 Å². The van der Waals surface area contributed by atoms with E-state index < -0.39 is 5.97 Å². The Hall–Kier alpha value is -3.29. The van der Waals surface area contributed by atoms with Crippen LogP contribution in [0.15, 0.2) is 30.3 Å². The van der Waals surface area contributed by atoms with Crippen LogP contribution in [0.1, 0.15) is 51.4 Å². The number of H-pyrrole nitrogens is 1. The number of hydrogen-bond acceptors (Lipinski definition) is 5. The number of rotatable bonds is 5. The van der Waals surface area contributed by atoms with Crippen LogP contribution in [0.5, 0.6) is 0 Å². The SMILES string of the molecule is COC(=O)c1c(C)[nH]c(C(=O)N2CCC(CC(=O)N3CCN(c4ccccc4)CC3)CC2)c1C. The number of benzene rings is 1. The molecule has 34 heavy (non-hydrogen) atoms. The summed E-state index contributed by atoms with van der Waals surface area (Å²) in [6.07, 6.45) is 2.16. The third-order valence-corrected chi connectivity index (χ3v) is 7.16. The van der Waals surface area contributed by atoms with Crippen LogP contribution in [0.4, 0.5) is 5.69 Å². The second-order valence-corrected chi connectivity index (χ2v) is 9.26. The van der Waals surface area contributed by atoms with Crippen molar-refractivity contribution in [3.63, 3.8) is 0 Å². The molecule has 0 radical (unpaired) electrons. The van der Waals surface area contributed by atoms with Crippen LogP contribution in [0.2, 0.25) is 0 Å². The number of amides is 2. The van der Waals surface area contributed by atoms with E-state index in [1.54, 1.807) is 13.8 Å². The fourth-order valence-corrected chi connectivity index (χ4v) is 5.10.